The Hall–Kier alpha value is -4.34. The van der Waals surface area contributed by atoms with Gasteiger partial charge in [-0.1, -0.05) is 0 Å². The summed E-state index contributed by atoms with van der Waals surface area (Å²) in [7, 11) is 0. The molecule has 0 aliphatic carbocycles. The van der Waals surface area contributed by atoms with E-state index in [1.54, 1.807) is 43.3 Å². The quantitative estimate of drug-likeness (QED) is 0.361. The molecule has 0 atom stereocenters. The minimum Gasteiger partial charge on any atom is -0.494 e. The molecule has 34 heavy (non-hydrogen) atoms. The smallest absolute Gasteiger partial charge is 0.411 e. The molecule has 3 aromatic rings. The monoisotopic (exact) mass is 468 g/mol. The standard InChI is InChI=1S/C24H24N2O8/c1-3-31-18-8-5-15(6-9-18)23(29)25-13-22(28)33-14-16-11-21(27)34-20-12-17(7-10-19(16)20)26-24(30)32-4-2/h5-12H,3-4,13-14H2,1-2H3,(H,25,29)(H,26,30). The number of nitrogens with one attached hydrogen (secondary N) is 2. The van der Waals surface area contributed by atoms with Gasteiger partial charge in [0.1, 0.15) is 24.5 Å². The summed E-state index contributed by atoms with van der Waals surface area (Å²) in [5, 5.41) is 5.53. The lowest BCUT2D eigenvalue weighted by Crippen LogP contribution is -2.30. The predicted molar refractivity (Wildman–Crippen MR) is 123 cm³/mol. The lowest BCUT2D eigenvalue weighted by molar-refractivity contribution is -0.143. The summed E-state index contributed by atoms with van der Waals surface area (Å²) in [4.78, 5) is 47.9. The van der Waals surface area contributed by atoms with Gasteiger partial charge in [-0.25, -0.2) is 9.59 Å². The van der Waals surface area contributed by atoms with E-state index in [9.17, 15) is 19.2 Å². The molecule has 0 bridgehead atoms. The molecule has 0 spiro atoms. The van der Waals surface area contributed by atoms with E-state index in [2.05, 4.69) is 10.6 Å². The van der Waals surface area contributed by atoms with E-state index >= 15 is 0 Å². The lowest BCUT2D eigenvalue weighted by Gasteiger charge is -2.10. The second-order valence-electron chi connectivity index (χ2n) is 6.95. The van der Waals surface area contributed by atoms with Crippen LogP contribution in [-0.4, -0.2) is 37.7 Å². The number of carbonyl (C=O) groups excluding carboxylic acids is 3. The molecule has 0 unspecified atom stereocenters. The minimum absolute atomic E-state index is 0.204. The molecular weight excluding hydrogens is 444 g/mol. The fourth-order valence-corrected chi connectivity index (χ4v) is 3.05. The van der Waals surface area contributed by atoms with Gasteiger partial charge in [-0.05, 0) is 50.2 Å². The van der Waals surface area contributed by atoms with Gasteiger partial charge in [-0.2, -0.15) is 0 Å². The Labute approximate surface area is 194 Å². The molecule has 10 heteroatoms. The normalized spacial score (nSPS) is 10.4. The summed E-state index contributed by atoms with van der Waals surface area (Å²) >= 11 is 0. The van der Waals surface area contributed by atoms with Crippen LogP contribution in [0, 0.1) is 0 Å². The van der Waals surface area contributed by atoms with E-state index < -0.39 is 23.6 Å². The Balaban J connectivity index is 1.59. The lowest BCUT2D eigenvalue weighted by atomic mass is 10.1. The molecular formula is C24H24N2O8. The molecule has 10 nitrogen and oxygen atoms in total. The van der Waals surface area contributed by atoms with Crippen LogP contribution in [0.15, 0.2) is 57.7 Å². The molecule has 0 fully saturated rings. The first-order valence-electron chi connectivity index (χ1n) is 10.6. The zero-order chi connectivity index (χ0) is 24.5. The van der Waals surface area contributed by atoms with Crippen molar-refractivity contribution in [3.05, 3.63) is 70.1 Å². The van der Waals surface area contributed by atoms with Crippen molar-refractivity contribution in [2.75, 3.05) is 25.1 Å². The molecule has 0 aliphatic heterocycles. The van der Waals surface area contributed by atoms with E-state index in [4.69, 9.17) is 18.6 Å². The van der Waals surface area contributed by atoms with Crippen LogP contribution in [-0.2, 0) is 20.9 Å². The van der Waals surface area contributed by atoms with Crippen molar-refractivity contribution in [3.63, 3.8) is 0 Å². The highest BCUT2D eigenvalue weighted by atomic mass is 16.5. The largest absolute Gasteiger partial charge is 0.494 e. The number of benzene rings is 2. The average Bonchev–Trinajstić information content (AvgIpc) is 2.81. The molecule has 2 N–H and O–H groups in total. The van der Waals surface area contributed by atoms with Crippen LogP contribution >= 0.6 is 0 Å². The van der Waals surface area contributed by atoms with Crippen molar-refractivity contribution < 1.29 is 33.0 Å². The highest BCUT2D eigenvalue weighted by Gasteiger charge is 2.13. The fraction of sp³-hybridized carbons (Fsp3) is 0.250. The van der Waals surface area contributed by atoms with Gasteiger partial charge >= 0.3 is 17.7 Å². The van der Waals surface area contributed by atoms with Gasteiger partial charge in [0, 0.05) is 34.3 Å². The van der Waals surface area contributed by atoms with Crippen molar-refractivity contribution >= 4 is 34.6 Å². The van der Waals surface area contributed by atoms with Gasteiger partial charge in [0.2, 0.25) is 0 Å². The van der Waals surface area contributed by atoms with Crippen LogP contribution in [0.2, 0.25) is 0 Å². The van der Waals surface area contributed by atoms with E-state index in [0.717, 1.165) is 0 Å². The first-order chi connectivity index (χ1) is 16.4. The summed E-state index contributed by atoms with van der Waals surface area (Å²) in [6, 6.07) is 12.4. The van der Waals surface area contributed by atoms with Crippen LogP contribution in [0.5, 0.6) is 5.75 Å². The Morgan fingerprint density at radius 2 is 1.71 bits per heavy atom. The number of rotatable bonds is 9. The number of hydrogen-bond donors (Lipinski definition) is 2. The molecule has 1 aromatic heterocycles. The van der Waals surface area contributed by atoms with Gasteiger partial charge in [0.15, 0.2) is 0 Å². The van der Waals surface area contributed by atoms with Crippen LogP contribution < -0.4 is 21.0 Å². The number of fused-ring (bicyclic) bond motifs is 1. The fourth-order valence-electron chi connectivity index (χ4n) is 3.05. The van der Waals surface area contributed by atoms with Gasteiger partial charge in [-0.15, -0.1) is 0 Å². The first-order valence-corrected chi connectivity index (χ1v) is 10.6. The number of esters is 1. The Morgan fingerprint density at radius 1 is 0.941 bits per heavy atom. The second kappa shape index (κ2) is 11.5. The molecule has 3 rings (SSSR count). The van der Waals surface area contributed by atoms with Crippen molar-refractivity contribution in [2.24, 2.45) is 0 Å². The van der Waals surface area contributed by atoms with Crippen molar-refractivity contribution in [3.8, 4) is 5.75 Å². The minimum atomic E-state index is -0.679. The number of ether oxygens (including phenoxy) is 3. The van der Waals surface area contributed by atoms with E-state index in [-0.39, 0.29) is 25.3 Å². The van der Waals surface area contributed by atoms with Crippen LogP contribution in [0.25, 0.3) is 11.0 Å². The average molecular weight is 468 g/mol. The molecule has 1 heterocycles. The van der Waals surface area contributed by atoms with Crippen LogP contribution in [0.4, 0.5) is 10.5 Å². The maximum absolute atomic E-state index is 12.2. The zero-order valence-corrected chi connectivity index (χ0v) is 18.7. The van der Waals surface area contributed by atoms with Crippen LogP contribution in [0.1, 0.15) is 29.8 Å². The maximum Gasteiger partial charge on any atom is 0.411 e. The van der Waals surface area contributed by atoms with Crippen molar-refractivity contribution in [1.82, 2.24) is 5.32 Å². The van der Waals surface area contributed by atoms with Gasteiger partial charge in [-0.3, -0.25) is 14.9 Å². The van der Waals surface area contributed by atoms with E-state index in [0.29, 0.717) is 34.6 Å². The topological polar surface area (TPSA) is 133 Å². The molecule has 0 aliphatic rings. The van der Waals surface area contributed by atoms with Crippen molar-refractivity contribution in [2.45, 2.75) is 20.5 Å². The van der Waals surface area contributed by atoms with Crippen molar-refractivity contribution in [1.29, 1.82) is 0 Å². The Morgan fingerprint density at radius 3 is 2.41 bits per heavy atom. The van der Waals surface area contributed by atoms with E-state index in [1.807, 2.05) is 6.92 Å². The molecule has 0 saturated heterocycles. The molecule has 0 radical (unpaired) electrons. The van der Waals surface area contributed by atoms with Gasteiger partial charge < -0.3 is 23.9 Å². The predicted octanol–water partition coefficient (Wildman–Crippen LogP) is 3.23. The molecule has 0 saturated carbocycles. The number of anilines is 1. The SMILES string of the molecule is CCOC(=O)Nc1ccc2c(COC(=O)CNC(=O)c3ccc(OCC)cc3)cc(=O)oc2c1. The third-order valence-corrected chi connectivity index (χ3v) is 4.56. The number of amides is 2. The summed E-state index contributed by atoms with van der Waals surface area (Å²) in [6.45, 7) is 3.71. The summed E-state index contributed by atoms with van der Waals surface area (Å²) in [6.07, 6.45) is -0.637. The van der Waals surface area contributed by atoms with Gasteiger partial charge in [0.25, 0.3) is 5.91 Å². The zero-order valence-electron chi connectivity index (χ0n) is 18.7. The van der Waals surface area contributed by atoms with Gasteiger partial charge in [0.05, 0.1) is 13.2 Å². The Bertz CT molecular complexity index is 1230. The van der Waals surface area contributed by atoms with E-state index in [1.165, 1.54) is 12.1 Å². The summed E-state index contributed by atoms with van der Waals surface area (Å²) < 4.78 is 20.5. The third kappa shape index (κ3) is 6.58. The third-order valence-electron chi connectivity index (χ3n) is 4.56. The maximum atomic E-state index is 12.2. The number of hydrogen-bond acceptors (Lipinski definition) is 8. The highest BCUT2D eigenvalue weighted by molar-refractivity contribution is 5.96. The second-order valence-corrected chi connectivity index (χ2v) is 6.95. The Kier molecular flexibility index (Phi) is 8.22. The molecule has 178 valence electrons. The molecule has 2 aromatic carbocycles. The van der Waals surface area contributed by atoms with Crippen LogP contribution in [0.3, 0.4) is 0 Å². The first kappa shape index (κ1) is 24.3. The summed E-state index contributed by atoms with van der Waals surface area (Å²) in [5.74, 6) is -0.476. The molecule has 2 amide bonds. The summed E-state index contributed by atoms with van der Waals surface area (Å²) in [5.41, 5.74) is 0.725. The highest BCUT2D eigenvalue weighted by Crippen LogP contribution is 2.22. The number of carbonyl (C=O) groups is 3.